The van der Waals surface area contributed by atoms with Crippen LogP contribution in [-0.4, -0.2) is 12.6 Å². The molecule has 2 rings (SSSR count). The molecule has 0 amide bonds. The van der Waals surface area contributed by atoms with E-state index in [0.717, 1.165) is 6.42 Å². The predicted molar refractivity (Wildman–Crippen MR) is 78.9 cm³/mol. The van der Waals surface area contributed by atoms with Gasteiger partial charge in [-0.05, 0) is 43.9 Å². The smallest absolute Gasteiger partial charge is 0.0368 e. The van der Waals surface area contributed by atoms with Crippen molar-refractivity contribution in [3.63, 3.8) is 0 Å². The van der Waals surface area contributed by atoms with Gasteiger partial charge < -0.3 is 10.6 Å². The lowest BCUT2D eigenvalue weighted by molar-refractivity contribution is 0.616. The van der Waals surface area contributed by atoms with E-state index in [1.165, 1.54) is 43.5 Å². The van der Waals surface area contributed by atoms with Crippen LogP contribution in [0.15, 0.2) is 24.3 Å². The van der Waals surface area contributed by atoms with Gasteiger partial charge >= 0.3 is 0 Å². The van der Waals surface area contributed by atoms with Gasteiger partial charge in [0.25, 0.3) is 0 Å². The first-order valence-electron chi connectivity index (χ1n) is 7.34. The molecule has 1 aromatic rings. The van der Waals surface area contributed by atoms with Crippen LogP contribution in [0.3, 0.4) is 0 Å². The Morgan fingerprint density at radius 1 is 1.22 bits per heavy atom. The third kappa shape index (κ3) is 3.05. The fraction of sp³-hybridized carbons (Fsp3) is 0.625. The molecule has 18 heavy (non-hydrogen) atoms. The molecule has 2 heteroatoms. The summed E-state index contributed by atoms with van der Waals surface area (Å²) in [4.78, 5) is 2.55. The Hall–Kier alpha value is -1.02. The van der Waals surface area contributed by atoms with Crippen molar-refractivity contribution in [2.45, 2.75) is 58.0 Å². The van der Waals surface area contributed by atoms with E-state index in [9.17, 15) is 0 Å². The van der Waals surface area contributed by atoms with Crippen molar-refractivity contribution in [3.05, 3.63) is 29.8 Å². The minimum absolute atomic E-state index is 0.181. The van der Waals surface area contributed by atoms with E-state index in [4.69, 9.17) is 5.73 Å². The molecule has 1 fully saturated rings. The molecular weight excluding hydrogens is 220 g/mol. The van der Waals surface area contributed by atoms with Crippen LogP contribution in [0.5, 0.6) is 0 Å². The second kappa shape index (κ2) is 6.24. The molecule has 1 heterocycles. The number of hydrogen-bond donors (Lipinski definition) is 1. The minimum atomic E-state index is 0.181. The molecule has 2 atom stereocenters. The highest BCUT2D eigenvalue weighted by Crippen LogP contribution is 2.25. The van der Waals surface area contributed by atoms with Crippen LogP contribution in [0.2, 0.25) is 0 Å². The zero-order chi connectivity index (χ0) is 13.0. The summed E-state index contributed by atoms with van der Waals surface area (Å²) in [6.07, 6.45) is 6.38. The summed E-state index contributed by atoms with van der Waals surface area (Å²) < 4.78 is 0. The number of anilines is 1. The van der Waals surface area contributed by atoms with Gasteiger partial charge in [-0.2, -0.15) is 0 Å². The first kappa shape index (κ1) is 13.4. The molecule has 1 aliphatic heterocycles. The normalized spacial score (nSPS) is 22.6. The van der Waals surface area contributed by atoms with Crippen molar-refractivity contribution in [2.75, 3.05) is 11.4 Å². The maximum absolute atomic E-state index is 6.06. The molecule has 1 aromatic carbocycles. The van der Waals surface area contributed by atoms with Crippen LogP contribution in [0.25, 0.3) is 0 Å². The second-order valence-electron chi connectivity index (χ2n) is 5.50. The van der Waals surface area contributed by atoms with E-state index in [-0.39, 0.29) is 6.04 Å². The molecule has 0 aliphatic carbocycles. The van der Waals surface area contributed by atoms with E-state index in [0.29, 0.717) is 6.04 Å². The quantitative estimate of drug-likeness (QED) is 0.877. The van der Waals surface area contributed by atoms with Gasteiger partial charge in [-0.25, -0.2) is 0 Å². The molecule has 100 valence electrons. The first-order valence-corrected chi connectivity index (χ1v) is 7.34. The van der Waals surface area contributed by atoms with E-state index in [2.05, 4.69) is 43.0 Å². The highest BCUT2D eigenvalue weighted by molar-refractivity contribution is 5.49. The SMILES string of the molecule is CC[C@@H](N)c1ccc(N2CCCCCC2C)cc1. The Bertz CT molecular complexity index is 358. The summed E-state index contributed by atoms with van der Waals surface area (Å²) in [6, 6.07) is 9.72. The zero-order valence-corrected chi connectivity index (χ0v) is 11.7. The standard InChI is InChI=1S/C16H26N2/c1-3-16(17)14-8-10-15(11-9-14)18-12-6-4-5-7-13(18)2/h8-11,13,16H,3-7,12,17H2,1-2H3/t13?,16-/m1/s1. The van der Waals surface area contributed by atoms with Crippen LogP contribution in [0.1, 0.15) is 57.6 Å². The monoisotopic (exact) mass is 246 g/mol. The lowest BCUT2D eigenvalue weighted by atomic mass is 10.0. The topological polar surface area (TPSA) is 29.3 Å². The van der Waals surface area contributed by atoms with Gasteiger partial charge in [0.05, 0.1) is 0 Å². The Kier molecular flexibility index (Phi) is 4.65. The number of nitrogens with two attached hydrogens (primary N) is 1. The average molecular weight is 246 g/mol. The molecule has 0 radical (unpaired) electrons. The van der Waals surface area contributed by atoms with Gasteiger partial charge in [0.15, 0.2) is 0 Å². The minimum Gasteiger partial charge on any atom is -0.369 e. The van der Waals surface area contributed by atoms with Crippen molar-refractivity contribution >= 4 is 5.69 Å². The second-order valence-corrected chi connectivity index (χ2v) is 5.50. The van der Waals surface area contributed by atoms with Crippen molar-refractivity contribution in [3.8, 4) is 0 Å². The third-order valence-electron chi connectivity index (χ3n) is 4.15. The molecule has 0 bridgehead atoms. The summed E-state index contributed by atoms with van der Waals surface area (Å²) in [5.41, 5.74) is 8.67. The van der Waals surface area contributed by atoms with Gasteiger partial charge in [0.1, 0.15) is 0 Å². The molecule has 1 saturated heterocycles. The van der Waals surface area contributed by atoms with Crippen LogP contribution >= 0.6 is 0 Å². The van der Waals surface area contributed by atoms with Crippen molar-refractivity contribution in [2.24, 2.45) is 5.73 Å². The van der Waals surface area contributed by atoms with Crippen LogP contribution in [-0.2, 0) is 0 Å². The molecular formula is C16H26N2. The first-order chi connectivity index (χ1) is 8.72. The molecule has 1 unspecified atom stereocenters. The van der Waals surface area contributed by atoms with Gasteiger partial charge in [-0.3, -0.25) is 0 Å². The number of hydrogen-bond acceptors (Lipinski definition) is 2. The fourth-order valence-corrected chi connectivity index (χ4v) is 2.81. The van der Waals surface area contributed by atoms with Gasteiger partial charge in [0, 0.05) is 24.3 Å². The highest BCUT2D eigenvalue weighted by atomic mass is 15.2. The molecule has 1 aliphatic rings. The van der Waals surface area contributed by atoms with E-state index >= 15 is 0 Å². The lowest BCUT2D eigenvalue weighted by Crippen LogP contribution is -2.32. The average Bonchev–Trinajstić information content (AvgIpc) is 2.63. The molecule has 0 aromatic heterocycles. The van der Waals surface area contributed by atoms with E-state index in [1.54, 1.807) is 0 Å². The summed E-state index contributed by atoms with van der Waals surface area (Å²) in [7, 11) is 0. The maximum atomic E-state index is 6.06. The summed E-state index contributed by atoms with van der Waals surface area (Å²) in [5, 5.41) is 0. The van der Waals surface area contributed by atoms with E-state index in [1.807, 2.05) is 0 Å². The van der Waals surface area contributed by atoms with Crippen LogP contribution in [0.4, 0.5) is 5.69 Å². The summed E-state index contributed by atoms with van der Waals surface area (Å²) in [6.45, 7) is 5.67. The van der Waals surface area contributed by atoms with Crippen molar-refractivity contribution in [1.29, 1.82) is 0 Å². The fourth-order valence-electron chi connectivity index (χ4n) is 2.81. The highest BCUT2D eigenvalue weighted by Gasteiger charge is 2.17. The lowest BCUT2D eigenvalue weighted by Gasteiger charge is -2.29. The van der Waals surface area contributed by atoms with E-state index < -0.39 is 0 Å². The predicted octanol–water partition coefficient (Wildman–Crippen LogP) is 3.87. The summed E-state index contributed by atoms with van der Waals surface area (Å²) >= 11 is 0. The Morgan fingerprint density at radius 3 is 2.61 bits per heavy atom. The number of benzene rings is 1. The van der Waals surface area contributed by atoms with Crippen LogP contribution < -0.4 is 10.6 Å². The molecule has 2 nitrogen and oxygen atoms in total. The molecule has 0 saturated carbocycles. The summed E-state index contributed by atoms with van der Waals surface area (Å²) in [5.74, 6) is 0. The Morgan fingerprint density at radius 2 is 1.94 bits per heavy atom. The third-order valence-corrected chi connectivity index (χ3v) is 4.15. The molecule has 2 N–H and O–H groups in total. The van der Waals surface area contributed by atoms with Gasteiger partial charge in [-0.15, -0.1) is 0 Å². The molecule has 0 spiro atoms. The Labute approximate surface area is 111 Å². The zero-order valence-electron chi connectivity index (χ0n) is 11.7. The van der Waals surface area contributed by atoms with Crippen LogP contribution in [0, 0.1) is 0 Å². The van der Waals surface area contributed by atoms with Crippen molar-refractivity contribution in [1.82, 2.24) is 0 Å². The number of nitrogens with zero attached hydrogens (tertiary/aromatic N) is 1. The van der Waals surface area contributed by atoms with Gasteiger partial charge in [0.2, 0.25) is 0 Å². The Balaban J connectivity index is 2.12. The maximum Gasteiger partial charge on any atom is 0.0368 e. The van der Waals surface area contributed by atoms with Crippen molar-refractivity contribution < 1.29 is 0 Å². The largest absolute Gasteiger partial charge is 0.369 e. The van der Waals surface area contributed by atoms with Gasteiger partial charge in [-0.1, -0.05) is 31.9 Å². The number of rotatable bonds is 3.